The number of carbonyl (C=O) groups is 12. The summed E-state index contributed by atoms with van der Waals surface area (Å²) >= 11 is 0. The minimum absolute atomic E-state index is 0.0511. The van der Waals surface area contributed by atoms with E-state index in [0.29, 0.717) is 74.5 Å². The molecule has 31 heteroatoms. The molecule has 0 aromatic carbocycles. The topological polar surface area (TPSA) is 402 Å². The fraction of sp³-hybridized carbons (Fsp3) is 0.571. The van der Waals surface area contributed by atoms with Crippen molar-refractivity contribution < 1.29 is 148 Å². The lowest BCUT2D eigenvalue weighted by atomic mass is 9.71. The molecule has 5 saturated heterocycles. The summed E-state index contributed by atoms with van der Waals surface area (Å²) in [6.45, 7) is 30.3. The molecule has 5 fully saturated rings. The van der Waals surface area contributed by atoms with Crippen molar-refractivity contribution in [3.05, 3.63) is 173 Å². The van der Waals surface area contributed by atoms with E-state index in [-0.39, 0.29) is 81.7 Å². The first-order valence-electron chi connectivity index (χ1n) is 44.6. The van der Waals surface area contributed by atoms with Crippen LogP contribution < -0.4 is 0 Å². The Labute approximate surface area is 746 Å². The molecule has 0 aromatic heterocycles. The van der Waals surface area contributed by atoms with Gasteiger partial charge in [0.15, 0.2) is 0 Å². The highest BCUT2D eigenvalue weighted by Gasteiger charge is 2.62. The number of hydrogen-bond acceptors (Lipinski definition) is 31. The maximum absolute atomic E-state index is 12.6. The first kappa shape index (κ1) is 91.0. The van der Waals surface area contributed by atoms with Crippen LogP contribution in [0.1, 0.15) is 214 Å². The number of ether oxygens (including phenoxy) is 17. The lowest BCUT2D eigenvalue weighted by molar-refractivity contribution is -0.153. The summed E-state index contributed by atoms with van der Waals surface area (Å²) in [6, 6.07) is 0. The third-order valence-corrected chi connectivity index (χ3v) is 28.8. The molecule has 0 unspecified atom stereocenters. The Balaban J connectivity index is 0.000000118. The van der Waals surface area contributed by atoms with Crippen molar-refractivity contribution in [3.8, 4) is 0 Å². The number of cyclic esters (lactones) is 5. The van der Waals surface area contributed by atoms with Crippen molar-refractivity contribution in [2.24, 2.45) is 57.2 Å². The van der Waals surface area contributed by atoms with Crippen molar-refractivity contribution in [1.29, 1.82) is 0 Å². The molecule has 20 aliphatic rings. The lowest BCUT2D eigenvalue weighted by Crippen LogP contribution is -2.33. The van der Waals surface area contributed by atoms with Gasteiger partial charge < -0.3 is 90.7 Å². The predicted octanol–water partition coefficient (Wildman–Crippen LogP) is 12.5. The highest BCUT2D eigenvalue weighted by atomic mass is 16.7. The molecule has 10 aliphatic heterocycles. The molecule has 0 radical (unpaired) electrons. The number of aliphatic hydroxyl groups is 2. The Kier molecular flexibility index (Phi) is 24.6. The second-order valence-corrected chi connectivity index (χ2v) is 39.3. The van der Waals surface area contributed by atoms with Gasteiger partial charge in [-0.15, -0.1) is 0 Å². The molecular formula is C98H112O31. The van der Waals surface area contributed by atoms with Gasteiger partial charge >= 0.3 is 71.6 Å². The van der Waals surface area contributed by atoms with Crippen molar-refractivity contribution in [2.45, 2.75) is 300 Å². The summed E-state index contributed by atoms with van der Waals surface area (Å²) in [5.41, 5.74) is 15.2. The maximum atomic E-state index is 12.6. The van der Waals surface area contributed by atoms with Gasteiger partial charge in [-0.25, -0.2) is 47.9 Å². The average molecular weight is 1790 g/mol. The third kappa shape index (κ3) is 17.3. The van der Waals surface area contributed by atoms with E-state index in [1.807, 2.05) is 0 Å². The predicted molar refractivity (Wildman–Crippen MR) is 447 cm³/mol. The van der Waals surface area contributed by atoms with Crippen LogP contribution in [0.4, 0.5) is 0 Å². The van der Waals surface area contributed by atoms with Crippen LogP contribution in [0.3, 0.4) is 0 Å². The Morgan fingerprint density at radius 2 is 0.705 bits per heavy atom. The molecular weight excluding hydrogens is 1670 g/mol. The number of carbonyl (C=O) groups excluding carboxylic acids is 12. The van der Waals surface area contributed by atoms with E-state index < -0.39 is 128 Å². The number of allylic oxidation sites excluding steroid dienone is 1. The Hall–Kier alpha value is -11.3. The van der Waals surface area contributed by atoms with Crippen LogP contribution in [0.5, 0.6) is 0 Å². The van der Waals surface area contributed by atoms with E-state index in [1.165, 1.54) is 62.7 Å². The Morgan fingerprint density at radius 3 is 1.13 bits per heavy atom. The smallest absolute Gasteiger partial charge is 0.338 e. The maximum Gasteiger partial charge on any atom is 0.338 e. The Bertz CT molecular complexity index is 5320. The minimum Gasteiger partial charge on any atom is -0.458 e. The average Bonchev–Trinajstić information content (AvgIpc) is 1.57. The molecule has 0 aromatic rings. The second-order valence-electron chi connectivity index (χ2n) is 39.3. The number of fused-ring (bicyclic) bond motifs is 10. The molecule has 0 bridgehead atoms. The van der Waals surface area contributed by atoms with Crippen LogP contribution in [0, 0.1) is 57.2 Å². The van der Waals surface area contributed by atoms with Gasteiger partial charge in [0, 0.05) is 89.8 Å². The summed E-state index contributed by atoms with van der Waals surface area (Å²) < 4.78 is 92.1. The van der Waals surface area contributed by atoms with Gasteiger partial charge in [0.2, 0.25) is 0 Å². The van der Waals surface area contributed by atoms with Gasteiger partial charge in [-0.05, 0) is 215 Å². The summed E-state index contributed by atoms with van der Waals surface area (Å²) in [4.78, 5) is 142. The molecule has 10 heterocycles. The van der Waals surface area contributed by atoms with E-state index >= 15 is 0 Å². The normalized spacial score (nSPS) is 36.3. The van der Waals surface area contributed by atoms with E-state index in [1.54, 1.807) is 65.0 Å². The molecule has 0 saturated carbocycles. The third-order valence-electron chi connectivity index (χ3n) is 28.8. The molecule has 690 valence electrons. The molecule has 0 spiro atoms. The minimum atomic E-state index is -0.876. The number of rotatable bonds is 12. The van der Waals surface area contributed by atoms with Crippen LogP contribution in [0.2, 0.25) is 0 Å². The summed E-state index contributed by atoms with van der Waals surface area (Å²) in [5, 5.41) is 21.2. The lowest BCUT2D eigenvalue weighted by Gasteiger charge is -2.37. The monoisotopic (exact) mass is 1780 g/mol. The van der Waals surface area contributed by atoms with Gasteiger partial charge in [0.25, 0.3) is 31.5 Å². The summed E-state index contributed by atoms with van der Waals surface area (Å²) in [5.74, 6) is -5.62. The van der Waals surface area contributed by atoms with Gasteiger partial charge in [-0.1, -0.05) is 67.9 Å². The van der Waals surface area contributed by atoms with E-state index in [4.69, 9.17) is 80.5 Å². The second kappa shape index (κ2) is 34.8. The molecule has 2 N–H and O–H groups in total. The van der Waals surface area contributed by atoms with Crippen molar-refractivity contribution in [1.82, 2.24) is 0 Å². The Morgan fingerprint density at radius 1 is 0.364 bits per heavy atom. The quantitative estimate of drug-likeness (QED) is 0.0602. The fourth-order valence-electron chi connectivity index (χ4n) is 22.5. The van der Waals surface area contributed by atoms with E-state index in [0.717, 1.165) is 128 Å². The van der Waals surface area contributed by atoms with Gasteiger partial charge in [-0.3, -0.25) is 9.59 Å². The highest BCUT2D eigenvalue weighted by Crippen LogP contribution is 2.61. The van der Waals surface area contributed by atoms with E-state index in [2.05, 4.69) is 62.3 Å². The van der Waals surface area contributed by atoms with Crippen molar-refractivity contribution in [2.75, 3.05) is 0 Å². The van der Waals surface area contributed by atoms with Gasteiger partial charge in [0.05, 0.1) is 83.2 Å². The zero-order chi connectivity index (χ0) is 92.4. The summed E-state index contributed by atoms with van der Waals surface area (Å²) in [7, 11) is 0. The van der Waals surface area contributed by atoms with Crippen molar-refractivity contribution >= 4 is 71.6 Å². The summed E-state index contributed by atoms with van der Waals surface area (Å²) in [6.07, 6.45) is 21.2. The van der Waals surface area contributed by atoms with Gasteiger partial charge in [0.1, 0.15) is 42.7 Å². The van der Waals surface area contributed by atoms with E-state index in [9.17, 15) is 67.7 Å². The largest absolute Gasteiger partial charge is 0.458 e. The zero-order valence-electron chi connectivity index (χ0n) is 75.4. The molecule has 129 heavy (non-hydrogen) atoms. The number of esters is 12. The number of aliphatic hydroxyl groups excluding tert-OH is 2. The number of hydrogen-bond donors (Lipinski definition) is 2. The fourth-order valence-corrected chi connectivity index (χ4v) is 22.5. The van der Waals surface area contributed by atoms with Crippen molar-refractivity contribution in [3.63, 3.8) is 0 Å². The molecule has 20 atom stereocenters. The van der Waals surface area contributed by atoms with Crippen LogP contribution in [0.15, 0.2) is 173 Å². The first-order chi connectivity index (χ1) is 61.0. The molecule has 0 amide bonds. The SMILES string of the molecule is CC(=O)O[C@@H]1C2=C([C@H]3OC(=O)/C(=C/O[C@H]4C=C(C)C(=O)O4)[C@@H]13)C(C)(C)CCC2.CC(=O)O[C@H]1CCC(C)(C)C2=C1C[C@@H]1/C(=C\O[C@H]3C=C(C)C(=O)O3)C(=O)O[C@H]21.CC1=C[C@H](O/C=C2/C(=O)O[C@@H]3C4=C(CCCC4(C)C)[C@@H](O)[C@H]23)OC1=O.CC1=C[C@H](O/C=C2/C(=O)O[C@@H]3C4=C(CCC[C@@H]4C)C[C@H]23)OC1=O.CC1=C[C@H](O/C=C2/C(=O)O[C@@H]3C4=C(C[C@H]23)[C@@H](O)CCC4(C)C)OC1=O. The first-order valence-corrected chi connectivity index (χ1v) is 44.6. The molecule has 10 aliphatic carbocycles. The highest BCUT2D eigenvalue weighted by molar-refractivity contribution is 5.97. The van der Waals surface area contributed by atoms with Crippen LogP contribution >= 0.6 is 0 Å². The van der Waals surface area contributed by atoms with Gasteiger partial charge in [-0.2, -0.15) is 0 Å². The van der Waals surface area contributed by atoms with Crippen LogP contribution in [-0.2, 0) is 138 Å². The standard InChI is InChI=1S/2C21H24O7.2C19H22O6.C18H20O5/c1-10-7-16(27-19(10)23)25-9-14-12-8-13-15(26-11(2)22)5-6-21(3,4)17(13)18(12)28-20(14)24;1-10-8-14(27-19(10)23)25-9-13-15-17(26-11(2)22)12-6-5-7-21(3,4)16(12)18(15)28-20(13)24;1-9-6-14(24-17(9)21)23-8-12-10-7-11-13(20)4-5-19(2,3)15(11)16(10)25-18(12)22;1-9-7-12(24-17(9)21)23-8-11-13-15(20)10-5-4-6-19(2,3)14(10)16(13)25-18(11)22;1-9-4-3-5-11-7-12-13(18(20)23-16(12)15(9)11)8-21-14-6-10(2)17(19)22-14/h7,9,12,15-16,18H,5-6,8H2,1-4H3;8-9,14-15,17-18H,5-7H2,1-4H3;6,8,10,13-14,16,20H,4-5,7H2,1-3H3;7-8,12-13,15-16,20H,4-6H2,1-3H3;6,8-9,12,14,16H,3-5,7H2,1-2H3/b14-9+;13-9+;12-8+;11-8+;13-8+/t12-,15+,16-,18+;14-,15+,17-,18+;10-,13+,14-,16+;12-,13+,15-,16+;9-,12+,14+,16-/m11110/s1. The molecule has 31 nitrogen and oxygen atoms in total. The van der Waals surface area contributed by atoms with Crippen LogP contribution in [-0.4, -0.2) is 168 Å². The molecule has 20 rings (SSSR count). The zero-order valence-corrected chi connectivity index (χ0v) is 75.4. The van der Waals surface area contributed by atoms with Crippen LogP contribution in [0.25, 0.3) is 0 Å².